The number of hydrazine groups is 1. The van der Waals surface area contributed by atoms with Crippen LogP contribution in [0.25, 0.3) is 10.9 Å². The number of carbonyl (C=O) groups excluding carboxylic acids is 1. The van der Waals surface area contributed by atoms with E-state index < -0.39 is 25.5 Å². The minimum absolute atomic E-state index is 0.221. The van der Waals surface area contributed by atoms with Gasteiger partial charge in [0.2, 0.25) is 0 Å². The Morgan fingerprint density at radius 1 is 1.15 bits per heavy atom. The molecule has 180 valence electrons. The molecule has 1 aromatic heterocycles. The Hall–Kier alpha value is -3.60. The molecule has 1 aliphatic heterocycles. The molecule has 11 heteroatoms. The lowest BCUT2D eigenvalue weighted by molar-refractivity contribution is -0.145. The maximum absolute atomic E-state index is 13.5. The van der Waals surface area contributed by atoms with Crippen LogP contribution in [0, 0.1) is 12.7 Å². The number of aliphatic carboxylic acids is 1. The van der Waals surface area contributed by atoms with Crippen LogP contribution in [0.15, 0.2) is 36.5 Å². The van der Waals surface area contributed by atoms with Crippen molar-refractivity contribution in [2.24, 2.45) is 0 Å². The summed E-state index contributed by atoms with van der Waals surface area (Å²) in [5.41, 5.74) is 3.38. The largest absolute Gasteiger partial charge is 0.480 e. The average molecular weight is 475 g/mol. The zero-order chi connectivity index (χ0) is 24.6. The molecule has 0 aliphatic carbocycles. The molecule has 0 bridgehead atoms. The number of anilines is 1. The number of alkyl halides is 2. The minimum Gasteiger partial charge on any atom is -0.480 e. The van der Waals surface area contributed by atoms with Gasteiger partial charge in [-0.15, -0.1) is 0 Å². The van der Waals surface area contributed by atoms with Gasteiger partial charge in [0.05, 0.1) is 12.1 Å². The first-order valence-corrected chi connectivity index (χ1v) is 10.6. The molecule has 0 saturated carbocycles. The summed E-state index contributed by atoms with van der Waals surface area (Å²) in [4.78, 5) is 26.1. The predicted octanol–water partition coefficient (Wildman–Crippen LogP) is 3.03. The van der Waals surface area contributed by atoms with E-state index >= 15 is 0 Å². The van der Waals surface area contributed by atoms with Crippen LogP contribution in [-0.4, -0.2) is 63.3 Å². The molecule has 4 rings (SSSR count). The highest BCUT2D eigenvalue weighted by Crippen LogP contribution is 2.28. The number of amides is 1. The van der Waals surface area contributed by atoms with Crippen molar-refractivity contribution in [1.82, 2.24) is 19.8 Å². The number of aromatic nitrogens is 2. The molecule has 1 N–H and O–H groups in total. The van der Waals surface area contributed by atoms with Gasteiger partial charge >= 0.3 is 5.97 Å². The second-order valence-corrected chi connectivity index (χ2v) is 8.34. The topological polar surface area (TPSA) is 81.9 Å². The van der Waals surface area contributed by atoms with Gasteiger partial charge in [-0.1, -0.05) is 6.07 Å². The molecule has 0 spiro atoms. The number of hydrogen-bond donors (Lipinski definition) is 1. The molecule has 0 saturated heterocycles. The standard InChI is InChI=1S/C23H24F3N5O3/c1-14-5-19-17(8-30(27-19)11-21(25)26)7-20(14)29(13-23(33)34)12-22(32)28(2)31-9-15-3-4-18(24)6-16(15)10-31/h3-8,21H,9-13H2,1-2H3,(H,33,34). The van der Waals surface area contributed by atoms with E-state index in [0.29, 0.717) is 35.2 Å². The van der Waals surface area contributed by atoms with E-state index in [1.165, 1.54) is 28.2 Å². The summed E-state index contributed by atoms with van der Waals surface area (Å²) in [6, 6.07) is 7.84. The summed E-state index contributed by atoms with van der Waals surface area (Å²) in [6.45, 7) is 1.35. The smallest absolute Gasteiger partial charge is 0.323 e. The van der Waals surface area contributed by atoms with E-state index in [4.69, 9.17) is 0 Å². The molecule has 0 fully saturated rings. The number of carboxylic acid groups (broad SMARTS) is 1. The number of aryl methyl sites for hydroxylation is 1. The third-order valence-corrected chi connectivity index (χ3v) is 5.85. The van der Waals surface area contributed by atoms with Gasteiger partial charge in [-0.05, 0) is 47.9 Å². The molecule has 8 nitrogen and oxygen atoms in total. The van der Waals surface area contributed by atoms with Crippen LogP contribution < -0.4 is 4.90 Å². The van der Waals surface area contributed by atoms with Crippen molar-refractivity contribution in [3.63, 3.8) is 0 Å². The Morgan fingerprint density at radius 2 is 1.88 bits per heavy atom. The van der Waals surface area contributed by atoms with Crippen LogP contribution in [0.1, 0.15) is 16.7 Å². The van der Waals surface area contributed by atoms with E-state index in [9.17, 15) is 27.9 Å². The Kier molecular flexibility index (Phi) is 6.47. The summed E-state index contributed by atoms with van der Waals surface area (Å²) in [6.07, 6.45) is -1.09. The first-order valence-electron chi connectivity index (χ1n) is 10.6. The van der Waals surface area contributed by atoms with Crippen molar-refractivity contribution < 1.29 is 27.9 Å². The summed E-state index contributed by atoms with van der Waals surface area (Å²) < 4.78 is 40.2. The average Bonchev–Trinajstić information content (AvgIpc) is 3.33. The molecule has 1 aliphatic rings. The second-order valence-electron chi connectivity index (χ2n) is 8.34. The molecule has 0 radical (unpaired) electrons. The maximum Gasteiger partial charge on any atom is 0.323 e. The van der Waals surface area contributed by atoms with E-state index in [2.05, 4.69) is 5.10 Å². The Morgan fingerprint density at radius 3 is 2.59 bits per heavy atom. The number of hydrogen-bond acceptors (Lipinski definition) is 5. The Bertz CT molecular complexity index is 1250. The predicted molar refractivity (Wildman–Crippen MR) is 119 cm³/mol. The van der Waals surface area contributed by atoms with E-state index in [0.717, 1.165) is 15.8 Å². The van der Waals surface area contributed by atoms with Gasteiger partial charge in [0.1, 0.15) is 18.9 Å². The molecule has 1 amide bonds. The van der Waals surface area contributed by atoms with Crippen LogP contribution >= 0.6 is 0 Å². The van der Waals surface area contributed by atoms with Crippen LogP contribution in [0.4, 0.5) is 18.9 Å². The number of likely N-dealkylation sites (N-methyl/N-ethyl adjacent to an activating group) is 1. The molecular formula is C23H24F3N5O3. The van der Waals surface area contributed by atoms with Crippen molar-refractivity contribution in [3.05, 3.63) is 59.0 Å². The van der Waals surface area contributed by atoms with Crippen LogP contribution in [0.5, 0.6) is 0 Å². The fourth-order valence-electron chi connectivity index (χ4n) is 4.16. The number of fused-ring (bicyclic) bond motifs is 2. The minimum atomic E-state index is -2.56. The van der Waals surface area contributed by atoms with E-state index in [1.54, 1.807) is 37.2 Å². The van der Waals surface area contributed by atoms with Gasteiger partial charge in [-0.2, -0.15) is 5.10 Å². The Balaban J connectivity index is 1.55. The quantitative estimate of drug-likeness (QED) is 0.540. The molecule has 2 aromatic carbocycles. The molecular weight excluding hydrogens is 451 g/mol. The Labute approximate surface area is 193 Å². The highest BCUT2D eigenvalue weighted by Gasteiger charge is 2.27. The van der Waals surface area contributed by atoms with Gasteiger partial charge in [0.25, 0.3) is 12.3 Å². The highest BCUT2D eigenvalue weighted by molar-refractivity contribution is 5.88. The molecule has 3 aromatic rings. The van der Waals surface area contributed by atoms with Crippen LogP contribution in [0.2, 0.25) is 0 Å². The first-order chi connectivity index (χ1) is 16.1. The van der Waals surface area contributed by atoms with Crippen molar-refractivity contribution in [2.45, 2.75) is 33.0 Å². The van der Waals surface area contributed by atoms with Gasteiger partial charge in [-0.3, -0.25) is 19.3 Å². The maximum atomic E-state index is 13.5. The summed E-state index contributed by atoms with van der Waals surface area (Å²) >= 11 is 0. The molecule has 2 heterocycles. The van der Waals surface area contributed by atoms with Gasteiger partial charge in [0.15, 0.2) is 0 Å². The fraction of sp³-hybridized carbons (Fsp3) is 0.348. The third-order valence-electron chi connectivity index (χ3n) is 5.85. The van der Waals surface area contributed by atoms with Crippen LogP contribution in [-0.2, 0) is 29.2 Å². The van der Waals surface area contributed by atoms with Crippen LogP contribution in [0.3, 0.4) is 0 Å². The third kappa shape index (κ3) is 4.98. The lowest BCUT2D eigenvalue weighted by atomic mass is 10.1. The van der Waals surface area contributed by atoms with Gasteiger partial charge in [0, 0.05) is 37.4 Å². The summed E-state index contributed by atoms with van der Waals surface area (Å²) in [5, 5.41) is 17.3. The summed E-state index contributed by atoms with van der Waals surface area (Å²) in [7, 11) is 1.59. The van der Waals surface area contributed by atoms with E-state index in [1.807, 2.05) is 0 Å². The number of halogens is 3. The number of rotatable bonds is 8. The highest BCUT2D eigenvalue weighted by atomic mass is 19.3. The van der Waals surface area contributed by atoms with E-state index in [-0.39, 0.29) is 18.3 Å². The zero-order valence-electron chi connectivity index (χ0n) is 18.7. The van der Waals surface area contributed by atoms with Gasteiger partial charge < -0.3 is 10.0 Å². The lowest BCUT2D eigenvalue weighted by Crippen LogP contribution is -2.47. The van der Waals surface area contributed by atoms with Crippen molar-refractivity contribution >= 4 is 28.5 Å². The van der Waals surface area contributed by atoms with Crippen molar-refractivity contribution in [3.8, 4) is 0 Å². The molecule has 34 heavy (non-hydrogen) atoms. The monoisotopic (exact) mass is 475 g/mol. The SMILES string of the molecule is Cc1cc2nn(CC(F)F)cc2cc1N(CC(=O)O)CC(=O)N(C)N1Cc2ccc(F)cc2C1. The van der Waals surface area contributed by atoms with Crippen molar-refractivity contribution in [2.75, 3.05) is 25.0 Å². The lowest BCUT2D eigenvalue weighted by Gasteiger charge is -2.31. The van der Waals surface area contributed by atoms with Gasteiger partial charge in [-0.25, -0.2) is 18.2 Å². The second kappa shape index (κ2) is 9.34. The number of benzene rings is 2. The molecule has 0 unspecified atom stereocenters. The number of carboxylic acids is 1. The number of carbonyl (C=O) groups is 2. The molecule has 0 atom stereocenters. The normalized spacial score (nSPS) is 13.5. The zero-order valence-corrected chi connectivity index (χ0v) is 18.7. The first kappa shape index (κ1) is 23.6. The summed E-state index contributed by atoms with van der Waals surface area (Å²) in [5.74, 6) is -1.81. The van der Waals surface area contributed by atoms with Crippen molar-refractivity contribution in [1.29, 1.82) is 0 Å². The fourth-order valence-corrected chi connectivity index (χ4v) is 4.16. The number of nitrogens with zero attached hydrogens (tertiary/aromatic N) is 5.